The van der Waals surface area contributed by atoms with Gasteiger partial charge in [0.25, 0.3) is 0 Å². The van der Waals surface area contributed by atoms with Crippen LogP contribution in [0, 0.1) is 0 Å². The molecule has 0 aliphatic carbocycles. The monoisotopic (exact) mass is 260 g/mol. The molecule has 1 fully saturated rings. The third kappa shape index (κ3) is 3.13. The molecule has 0 N–H and O–H groups in total. The van der Waals surface area contributed by atoms with E-state index in [1.807, 2.05) is 24.0 Å². The summed E-state index contributed by atoms with van der Waals surface area (Å²) in [6.45, 7) is 6.80. The maximum atomic E-state index is 11.3. The SMILES string of the molecule is CC(=O)N1CCN(c2ccc(C(C)C=O)cc2)CC1. The highest BCUT2D eigenvalue weighted by Crippen LogP contribution is 2.20. The van der Waals surface area contributed by atoms with Gasteiger partial charge in [-0.2, -0.15) is 0 Å². The van der Waals surface area contributed by atoms with Crippen LogP contribution in [0.5, 0.6) is 0 Å². The van der Waals surface area contributed by atoms with Crippen LogP contribution in [0.25, 0.3) is 0 Å². The van der Waals surface area contributed by atoms with E-state index in [2.05, 4.69) is 17.0 Å². The summed E-state index contributed by atoms with van der Waals surface area (Å²) in [7, 11) is 0. The first-order valence-corrected chi connectivity index (χ1v) is 6.67. The van der Waals surface area contributed by atoms with Gasteiger partial charge in [0.15, 0.2) is 0 Å². The van der Waals surface area contributed by atoms with E-state index in [1.54, 1.807) is 6.92 Å². The molecule has 1 heterocycles. The van der Waals surface area contributed by atoms with E-state index in [-0.39, 0.29) is 11.8 Å². The Kier molecular flexibility index (Phi) is 4.20. The third-order valence-electron chi connectivity index (χ3n) is 3.71. The molecule has 1 aliphatic heterocycles. The molecule has 0 radical (unpaired) electrons. The Balaban J connectivity index is 2.00. The molecule has 1 aliphatic rings. The van der Waals surface area contributed by atoms with E-state index in [1.165, 1.54) is 0 Å². The van der Waals surface area contributed by atoms with Crippen molar-refractivity contribution in [2.75, 3.05) is 31.1 Å². The highest BCUT2D eigenvalue weighted by Gasteiger charge is 2.18. The number of benzene rings is 1. The van der Waals surface area contributed by atoms with Crippen LogP contribution < -0.4 is 4.90 Å². The fourth-order valence-electron chi connectivity index (χ4n) is 2.35. The summed E-state index contributed by atoms with van der Waals surface area (Å²) in [5.41, 5.74) is 2.20. The summed E-state index contributed by atoms with van der Waals surface area (Å²) in [4.78, 5) is 26.2. The predicted octanol–water partition coefficient (Wildman–Crippen LogP) is 1.66. The fourth-order valence-corrected chi connectivity index (χ4v) is 2.35. The molecular formula is C15H20N2O2. The minimum Gasteiger partial charge on any atom is -0.368 e. The number of amides is 1. The Morgan fingerprint density at radius 2 is 1.74 bits per heavy atom. The molecule has 4 nitrogen and oxygen atoms in total. The van der Waals surface area contributed by atoms with Gasteiger partial charge in [0.1, 0.15) is 6.29 Å². The Hall–Kier alpha value is -1.84. The van der Waals surface area contributed by atoms with Crippen molar-refractivity contribution in [2.24, 2.45) is 0 Å². The second kappa shape index (κ2) is 5.87. The number of carbonyl (C=O) groups excluding carboxylic acids is 2. The summed E-state index contributed by atoms with van der Waals surface area (Å²) in [5, 5.41) is 0. The number of rotatable bonds is 3. The van der Waals surface area contributed by atoms with Crippen LogP contribution in [0.2, 0.25) is 0 Å². The zero-order valence-corrected chi connectivity index (χ0v) is 11.5. The van der Waals surface area contributed by atoms with E-state index in [0.717, 1.165) is 43.7 Å². The Morgan fingerprint density at radius 1 is 1.16 bits per heavy atom. The molecule has 1 atom stereocenters. The summed E-state index contributed by atoms with van der Waals surface area (Å²) in [6.07, 6.45) is 0.959. The highest BCUT2D eigenvalue weighted by atomic mass is 16.2. The van der Waals surface area contributed by atoms with Crippen molar-refractivity contribution in [1.29, 1.82) is 0 Å². The summed E-state index contributed by atoms with van der Waals surface area (Å²) in [6, 6.07) is 8.12. The molecule has 1 aromatic rings. The first kappa shape index (κ1) is 13.6. The smallest absolute Gasteiger partial charge is 0.219 e. The van der Waals surface area contributed by atoms with E-state index < -0.39 is 0 Å². The van der Waals surface area contributed by atoms with E-state index in [0.29, 0.717) is 0 Å². The first-order chi connectivity index (χ1) is 9.11. The number of hydrogen-bond acceptors (Lipinski definition) is 3. The van der Waals surface area contributed by atoms with E-state index >= 15 is 0 Å². The average molecular weight is 260 g/mol. The maximum Gasteiger partial charge on any atom is 0.219 e. The van der Waals surface area contributed by atoms with Gasteiger partial charge >= 0.3 is 0 Å². The van der Waals surface area contributed by atoms with Crippen molar-refractivity contribution < 1.29 is 9.59 Å². The summed E-state index contributed by atoms with van der Waals surface area (Å²) in [5.74, 6) is 0.0958. The third-order valence-corrected chi connectivity index (χ3v) is 3.71. The summed E-state index contributed by atoms with van der Waals surface area (Å²) < 4.78 is 0. The molecule has 4 heteroatoms. The number of piperazine rings is 1. The Bertz CT molecular complexity index is 448. The minimum absolute atomic E-state index is 0.0522. The lowest BCUT2D eigenvalue weighted by Crippen LogP contribution is -2.48. The molecule has 1 saturated heterocycles. The molecule has 1 amide bonds. The van der Waals surface area contributed by atoms with Crippen LogP contribution >= 0.6 is 0 Å². The number of carbonyl (C=O) groups is 2. The normalized spacial score (nSPS) is 17.2. The van der Waals surface area contributed by atoms with Crippen LogP contribution in [0.15, 0.2) is 24.3 Å². The molecule has 0 bridgehead atoms. The van der Waals surface area contributed by atoms with Gasteiger partial charge in [0, 0.05) is 44.7 Å². The lowest BCUT2D eigenvalue weighted by molar-refractivity contribution is -0.129. The number of nitrogens with zero attached hydrogens (tertiary/aromatic N) is 2. The Morgan fingerprint density at radius 3 is 2.21 bits per heavy atom. The fraction of sp³-hybridized carbons (Fsp3) is 0.467. The van der Waals surface area contributed by atoms with Gasteiger partial charge < -0.3 is 14.6 Å². The zero-order valence-electron chi connectivity index (χ0n) is 11.5. The molecule has 0 saturated carbocycles. The first-order valence-electron chi connectivity index (χ1n) is 6.67. The predicted molar refractivity (Wildman–Crippen MR) is 75.4 cm³/mol. The molecule has 1 aromatic carbocycles. The second-order valence-corrected chi connectivity index (χ2v) is 5.01. The molecule has 0 spiro atoms. The van der Waals surface area contributed by atoms with Crippen molar-refractivity contribution in [3.63, 3.8) is 0 Å². The van der Waals surface area contributed by atoms with Crippen molar-refractivity contribution in [3.05, 3.63) is 29.8 Å². The topological polar surface area (TPSA) is 40.6 Å². The van der Waals surface area contributed by atoms with Crippen molar-refractivity contribution >= 4 is 17.9 Å². The van der Waals surface area contributed by atoms with Crippen molar-refractivity contribution in [1.82, 2.24) is 4.90 Å². The zero-order chi connectivity index (χ0) is 13.8. The van der Waals surface area contributed by atoms with Crippen LogP contribution in [0.3, 0.4) is 0 Å². The number of hydrogen-bond donors (Lipinski definition) is 0. The lowest BCUT2D eigenvalue weighted by Gasteiger charge is -2.35. The van der Waals surface area contributed by atoms with Gasteiger partial charge in [0.2, 0.25) is 5.91 Å². The molecule has 1 unspecified atom stereocenters. The van der Waals surface area contributed by atoms with Gasteiger partial charge in [-0.15, -0.1) is 0 Å². The van der Waals surface area contributed by atoms with Crippen LogP contribution in [0.4, 0.5) is 5.69 Å². The molecule has 0 aromatic heterocycles. The number of anilines is 1. The van der Waals surface area contributed by atoms with Crippen LogP contribution in [-0.2, 0) is 9.59 Å². The molecule has 2 rings (SSSR count). The minimum atomic E-state index is -0.0522. The van der Waals surface area contributed by atoms with Gasteiger partial charge in [-0.3, -0.25) is 4.79 Å². The average Bonchev–Trinajstić information content (AvgIpc) is 2.46. The Labute approximate surface area is 114 Å². The molecule has 102 valence electrons. The molecule has 19 heavy (non-hydrogen) atoms. The van der Waals surface area contributed by atoms with Gasteiger partial charge in [-0.05, 0) is 17.7 Å². The van der Waals surface area contributed by atoms with Crippen molar-refractivity contribution in [3.8, 4) is 0 Å². The van der Waals surface area contributed by atoms with Gasteiger partial charge in [-0.1, -0.05) is 19.1 Å². The second-order valence-electron chi connectivity index (χ2n) is 5.01. The lowest BCUT2D eigenvalue weighted by atomic mass is 10.0. The van der Waals surface area contributed by atoms with Crippen molar-refractivity contribution in [2.45, 2.75) is 19.8 Å². The van der Waals surface area contributed by atoms with E-state index in [9.17, 15) is 9.59 Å². The van der Waals surface area contributed by atoms with E-state index in [4.69, 9.17) is 0 Å². The van der Waals surface area contributed by atoms with Gasteiger partial charge in [-0.25, -0.2) is 0 Å². The molecular weight excluding hydrogens is 240 g/mol. The highest BCUT2D eigenvalue weighted by molar-refractivity contribution is 5.73. The largest absolute Gasteiger partial charge is 0.368 e. The standard InChI is InChI=1S/C15H20N2O2/c1-12(11-18)14-3-5-15(6-4-14)17-9-7-16(8-10-17)13(2)19/h3-6,11-12H,7-10H2,1-2H3. The maximum absolute atomic E-state index is 11.3. The number of aldehydes is 1. The van der Waals surface area contributed by atoms with Crippen LogP contribution in [0.1, 0.15) is 25.3 Å². The summed E-state index contributed by atoms with van der Waals surface area (Å²) >= 11 is 0. The quantitative estimate of drug-likeness (QED) is 0.776. The van der Waals surface area contributed by atoms with Gasteiger partial charge in [0.05, 0.1) is 0 Å². The van der Waals surface area contributed by atoms with Crippen LogP contribution in [-0.4, -0.2) is 43.3 Å².